The van der Waals surface area contributed by atoms with E-state index in [1.807, 2.05) is 6.20 Å². The number of nitriles is 1. The number of anilines is 3. The van der Waals surface area contributed by atoms with E-state index < -0.39 is 0 Å². The maximum Gasteiger partial charge on any atom is 0.134 e. The topological polar surface area (TPSA) is 64.8 Å². The summed E-state index contributed by atoms with van der Waals surface area (Å²) >= 11 is 0. The molecule has 0 spiro atoms. The van der Waals surface area contributed by atoms with Crippen molar-refractivity contribution in [3.05, 3.63) is 41.6 Å². The average Bonchev–Trinajstić information content (AvgIpc) is 3.26. The van der Waals surface area contributed by atoms with Crippen LogP contribution in [0.3, 0.4) is 0 Å². The van der Waals surface area contributed by atoms with Gasteiger partial charge in [-0.05, 0) is 78.8 Å². The fraction of sp³-hybridized carbons (Fsp3) is 0.522. The van der Waals surface area contributed by atoms with Crippen molar-refractivity contribution < 1.29 is 0 Å². The number of fused-ring (bicyclic) bond motifs is 1. The number of piperidine rings is 1. The molecule has 3 aliphatic rings. The van der Waals surface area contributed by atoms with Gasteiger partial charge in [0.2, 0.25) is 0 Å². The lowest BCUT2D eigenvalue weighted by atomic mass is 9.66. The van der Waals surface area contributed by atoms with E-state index in [0.717, 1.165) is 67.2 Å². The minimum atomic E-state index is -0.343. The number of aromatic nitrogens is 2. The minimum Gasteiger partial charge on any atom is -0.356 e. The van der Waals surface area contributed by atoms with Gasteiger partial charge in [0.25, 0.3) is 0 Å². The molecule has 0 radical (unpaired) electrons. The van der Waals surface area contributed by atoms with Gasteiger partial charge in [0, 0.05) is 19.3 Å². The third kappa shape index (κ3) is 3.01. The molecule has 5 nitrogen and oxygen atoms in total. The zero-order valence-corrected chi connectivity index (χ0v) is 16.7. The maximum absolute atomic E-state index is 9.86. The Balaban J connectivity index is 1.49. The Morgan fingerprint density at radius 2 is 1.96 bits per heavy atom. The maximum atomic E-state index is 9.86. The monoisotopic (exact) mass is 373 g/mol. The predicted molar refractivity (Wildman–Crippen MR) is 111 cm³/mol. The summed E-state index contributed by atoms with van der Waals surface area (Å²) in [5, 5.41) is 13.3. The Labute approximate surface area is 166 Å². The first-order valence-electron chi connectivity index (χ1n) is 10.5. The first-order valence-corrected chi connectivity index (χ1v) is 10.5. The van der Waals surface area contributed by atoms with Gasteiger partial charge in [0.15, 0.2) is 0 Å². The molecule has 2 aliphatic carbocycles. The molecular formula is C23H27N5. The van der Waals surface area contributed by atoms with Crippen LogP contribution in [0.4, 0.5) is 17.5 Å². The van der Waals surface area contributed by atoms with Gasteiger partial charge in [0.1, 0.15) is 17.5 Å². The molecule has 0 bridgehead atoms. The summed E-state index contributed by atoms with van der Waals surface area (Å²) in [5.41, 5.74) is 2.01. The summed E-state index contributed by atoms with van der Waals surface area (Å²) in [7, 11) is 0. The van der Waals surface area contributed by atoms with E-state index in [0.29, 0.717) is 5.92 Å². The molecular weight excluding hydrogens is 346 g/mol. The number of pyridine rings is 2. The number of hydrogen-bond donors (Lipinski definition) is 1. The molecule has 2 atom stereocenters. The van der Waals surface area contributed by atoms with Crippen molar-refractivity contribution in [3.8, 4) is 6.07 Å². The molecule has 144 valence electrons. The summed E-state index contributed by atoms with van der Waals surface area (Å²) in [6.45, 7) is 6.56. The molecule has 3 heterocycles. The van der Waals surface area contributed by atoms with Gasteiger partial charge in [0.05, 0.1) is 11.5 Å². The summed E-state index contributed by atoms with van der Waals surface area (Å²) in [4.78, 5) is 11.8. The van der Waals surface area contributed by atoms with E-state index in [4.69, 9.17) is 4.98 Å². The van der Waals surface area contributed by atoms with Crippen molar-refractivity contribution in [3.63, 3.8) is 0 Å². The molecule has 3 fully saturated rings. The van der Waals surface area contributed by atoms with Gasteiger partial charge in [-0.1, -0.05) is 13.8 Å². The first-order chi connectivity index (χ1) is 13.6. The zero-order valence-electron chi connectivity index (χ0n) is 16.7. The van der Waals surface area contributed by atoms with Crippen LogP contribution in [0, 0.1) is 23.2 Å². The SMILES string of the molecule is CC(C)c1ccnc(Nc2cc(C3(C#N)CCC3)cc(N3CC4CC4C3)n2)c1. The van der Waals surface area contributed by atoms with Crippen molar-refractivity contribution in [2.45, 2.75) is 50.9 Å². The smallest absolute Gasteiger partial charge is 0.134 e. The Bertz CT molecular complexity index is 930. The molecule has 2 aromatic rings. The van der Waals surface area contributed by atoms with E-state index in [2.05, 4.69) is 59.4 Å². The Morgan fingerprint density at radius 3 is 2.61 bits per heavy atom. The van der Waals surface area contributed by atoms with E-state index in [1.54, 1.807) is 0 Å². The zero-order chi connectivity index (χ0) is 19.3. The van der Waals surface area contributed by atoms with Crippen LogP contribution in [0.2, 0.25) is 0 Å². The van der Waals surface area contributed by atoms with E-state index in [9.17, 15) is 5.26 Å². The van der Waals surface area contributed by atoms with Gasteiger partial charge in [-0.2, -0.15) is 5.26 Å². The number of nitrogens with one attached hydrogen (secondary N) is 1. The Hall–Kier alpha value is -2.61. The van der Waals surface area contributed by atoms with Gasteiger partial charge in [-0.3, -0.25) is 0 Å². The lowest BCUT2D eigenvalue weighted by Gasteiger charge is -2.36. The second-order valence-electron chi connectivity index (χ2n) is 9.06. The standard InChI is InChI=1S/C23H27N5/c1-15(2)16-4-7-25-20(9-16)26-21-10-19(23(14-24)5-3-6-23)11-22(27-21)28-12-17-8-18(17)13-28/h4,7,9-11,15,17-18H,3,5-6,8,12-13H2,1-2H3,(H,25,26,27). The molecule has 2 aromatic heterocycles. The molecule has 0 amide bonds. The van der Waals surface area contributed by atoms with Crippen LogP contribution >= 0.6 is 0 Å². The van der Waals surface area contributed by atoms with Crippen LogP contribution in [0.5, 0.6) is 0 Å². The number of nitrogens with zero attached hydrogens (tertiary/aromatic N) is 4. The van der Waals surface area contributed by atoms with Crippen molar-refractivity contribution >= 4 is 17.5 Å². The molecule has 2 saturated carbocycles. The fourth-order valence-corrected chi connectivity index (χ4v) is 4.60. The fourth-order valence-electron chi connectivity index (χ4n) is 4.60. The van der Waals surface area contributed by atoms with Gasteiger partial charge >= 0.3 is 0 Å². The van der Waals surface area contributed by atoms with Crippen LogP contribution in [0.25, 0.3) is 0 Å². The van der Waals surface area contributed by atoms with Crippen LogP contribution in [-0.4, -0.2) is 23.1 Å². The highest BCUT2D eigenvalue weighted by molar-refractivity contribution is 5.60. The molecule has 5 heteroatoms. The van der Waals surface area contributed by atoms with E-state index in [1.165, 1.54) is 12.0 Å². The van der Waals surface area contributed by atoms with Crippen molar-refractivity contribution in [1.82, 2.24) is 9.97 Å². The Kier molecular flexibility index (Phi) is 4.04. The van der Waals surface area contributed by atoms with Crippen LogP contribution in [-0.2, 0) is 5.41 Å². The highest BCUT2D eigenvalue weighted by atomic mass is 15.2. The second kappa shape index (κ2) is 6.48. The summed E-state index contributed by atoms with van der Waals surface area (Å²) in [5.74, 6) is 4.76. The molecule has 28 heavy (non-hydrogen) atoms. The third-order valence-corrected chi connectivity index (χ3v) is 6.80. The van der Waals surface area contributed by atoms with Crippen molar-refractivity contribution in [2.24, 2.45) is 11.8 Å². The largest absolute Gasteiger partial charge is 0.356 e. The van der Waals surface area contributed by atoms with Crippen molar-refractivity contribution in [1.29, 1.82) is 5.26 Å². The quantitative estimate of drug-likeness (QED) is 0.820. The van der Waals surface area contributed by atoms with Crippen LogP contribution < -0.4 is 10.2 Å². The highest BCUT2D eigenvalue weighted by Crippen LogP contribution is 2.48. The summed E-state index contributed by atoms with van der Waals surface area (Å²) < 4.78 is 0. The van der Waals surface area contributed by atoms with E-state index >= 15 is 0 Å². The van der Waals surface area contributed by atoms with Gasteiger partial charge < -0.3 is 10.2 Å². The lowest BCUT2D eigenvalue weighted by molar-refractivity contribution is 0.324. The summed E-state index contributed by atoms with van der Waals surface area (Å²) in [6, 6.07) is 11.0. The molecule has 1 N–H and O–H groups in total. The molecule has 1 aliphatic heterocycles. The number of hydrogen-bond acceptors (Lipinski definition) is 5. The summed E-state index contributed by atoms with van der Waals surface area (Å²) in [6.07, 6.45) is 6.23. The first kappa shape index (κ1) is 17.5. The average molecular weight is 374 g/mol. The van der Waals surface area contributed by atoms with Gasteiger partial charge in [-0.25, -0.2) is 9.97 Å². The van der Waals surface area contributed by atoms with Gasteiger partial charge in [-0.15, -0.1) is 0 Å². The van der Waals surface area contributed by atoms with E-state index in [-0.39, 0.29) is 5.41 Å². The van der Waals surface area contributed by atoms with Crippen LogP contribution in [0.15, 0.2) is 30.5 Å². The van der Waals surface area contributed by atoms with Crippen molar-refractivity contribution in [2.75, 3.05) is 23.3 Å². The van der Waals surface area contributed by atoms with Crippen LogP contribution in [0.1, 0.15) is 56.6 Å². The Morgan fingerprint density at radius 1 is 1.18 bits per heavy atom. The highest BCUT2D eigenvalue weighted by Gasteiger charge is 2.46. The predicted octanol–water partition coefficient (Wildman–Crippen LogP) is 4.74. The number of rotatable bonds is 5. The molecule has 5 rings (SSSR count). The molecule has 1 saturated heterocycles. The normalized spacial score (nSPS) is 24.4. The molecule has 0 aromatic carbocycles. The third-order valence-electron chi connectivity index (χ3n) is 6.80. The minimum absolute atomic E-state index is 0.343. The second-order valence-corrected chi connectivity index (χ2v) is 9.06. The lowest BCUT2D eigenvalue weighted by Crippen LogP contribution is -2.33. The molecule has 2 unspecified atom stereocenters.